The molecule has 588 valence electrons. The van der Waals surface area contributed by atoms with E-state index in [0.717, 1.165) is 102 Å². The maximum Gasteiger partial charge on any atom is 0.472 e. The van der Waals surface area contributed by atoms with Crippen LogP contribution in [0.4, 0.5) is 0 Å². The summed E-state index contributed by atoms with van der Waals surface area (Å²) in [5.41, 5.74) is 0. The number of hydrogen-bond acceptors (Lipinski definition) is 15. The van der Waals surface area contributed by atoms with Crippen LogP contribution in [-0.2, 0) is 65.4 Å². The zero-order valence-corrected chi connectivity index (χ0v) is 66.6. The molecule has 0 aromatic heterocycles. The van der Waals surface area contributed by atoms with Crippen LogP contribution in [0.5, 0.6) is 0 Å². The molecule has 0 aliphatic carbocycles. The number of aliphatic hydroxyl groups excluding tert-OH is 1. The number of rotatable bonds is 79. The lowest BCUT2D eigenvalue weighted by Crippen LogP contribution is -2.30. The summed E-state index contributed by atoms with van der Waals surface area (Å²) in [5.74, 6) is -0.617. The Morgan fingerprint density at radius 2 is 0.465 bits per heavy atom. The van der Waals surface area contributed by atoms with Crippen molar-refractivity contribution in [1.29, 1.82) is 0 Å². The predicted octanol–water partition coefficient (Wildman–Crippen LogP) is 23.9. The lowest BCUT2D eigenvalue weighted by molar-refractivity contribution is -0.161. The lowest BCUT2D eigenvalue weighted by atomic mass is 10.0. The fourth-order valence-electron chi connectivity index (χ4n) is 12.4. The summed E-state index contributed by atoms with van der Waals surface area (Å²) in [4.78, 5) is 72.9. The average molecular weight is 1450 g/mol. The first-order chi connectivity index (χ1) is 47.9. The van der Waals surface area contributed by atoms with Crippen LogP contribution < -0.4 is 0 Å². The molecule has 3 N–H and O–H groups in total. The van der Waals surface area contributed by atoms with Crippen molar-refractivity contribution in [3.8, 4) is 0 Å². The van der Waals surface area contributed by atoms with Gasteiger partial charge in [0.05, 0.1) is 26.4 Å². The number of esters is 4. The Morgan fingerprint density at radius 3 is 0.687 bits per heavy atom. The van der Waals surface area contributed by atoms with E-state index < -0.39 is 97.5 Å². The van der Waals surface area contributed by atoms with Crippen LogP contribution in [0, 0.1) is 11.8 Å². The first-order valence-electron chi connectivity index (χ1n) is 41.5. The quantitative estimate of drug-likeness (QED) is 0.0222. The van der Waals surface area contributed by atoms with E-state index in [-0.39, 0.29) is 25.7 Å². The van der Waals surface area contributed by atoms with Gasteiger partial charge in [0.1, 0.15) is 19.3 Å². The topological polar surface area (TPSA) is 237 Å². The van der Waals surface area contributed by atoms with Crippen molar-refractivity contribution >= 4 is 39.5 Å². The molecule has 19 heteroatoms. The van der Waals surface area contributed by atoms with Crippen LogP contribution in [0.3, 0.4) is 0 Å². The Labute approximate surface area is 607 Å². The van der Waals surface area contributed by atoms with E-state index in [1.165, 1.54) is 238 Å². The Hall–Kier alpha value is -1.94. The van der Waals surface area contributed by atoms with Crippen LogP contribution in [0.1, 0.15) is 420 Å². The van der Waals surface area contributed by atoms with Gasteiger partial charge in [0.15, 0.2) is 12.2 Å². The van der Waals surface area contributed by atoms with Gasteiger partial charge >= 0.3 is 39.5 Å². The molecule has 99 heavy (non-hydrogen) atoms. The molecule has 0 aliphatic rings. The maximum absolute atomic E-state index is 13.1. The maximum atomic E-state index is 13.1. The van der Waals surface area contributed by atoms with Crippen molar-refractivity contribution in [3.05, 3.63) is 0 Å². The van der Waals surface area contributed by atoms with Crippen molar-refractivity contribution in [2.75, 3.05) is 39.6 Å². The van der Waals surface area contributed by atoms with E-state index in [2.05, 4.69) is 41.5 Å². The summed E-state index contributed by atoms with van der Waals surface area (Å²) < 4.78 is 68.7. The minimum absolute atomic E-state index is 0.106. The summed E-state index contributed by atoms with van der Waals surface area (Å²) in [6.07, 6.45) is 61.2. The predicted molar refractivity (Wildman–Crippen MR) is 405 cm³/mol. The van der Waals surface area contributed by atoms with Gasteiger partial charge in [0.25, 0.3) is 0 Å². The molecule has 0 aromatic rings. The first-order valence-corrected chi connectivity index (χ1v) is 44.5. The number of carbonyl (C=O) groups excluding carboxylic acids is 4. The summed E-state index contributed by atoms with van der Waals surface area (Å²) >= 11 is 0. The summed E-state index contributed by atoms with van der Waals surface area (Å²) in [6.45, 7) is 9.59. The minimum Gasteiger partial charge on any atom is -0.462 e. The van der Waals surface area contributed by atoms with E-state index in [1.807, 2.05) is 0 Å². The second-order valence-electron chi connectivity index (χ2n) is 29.8. The van der Waals surface area contributed by atoms with Crippen LogP contribution >= 0.6 is 15.6 Å². The number of hydrogen-bond donors (Lipinski definition) is 3. The Kier molecular flexibility index (Phi) is 70.3. The van der Waals surface area contributed by atoms with Gasteiger partial charge in [-0.2, -0.15) is 0 Å². The highest BCUT2D eigenvalue weighted by atomic mass is 31.2. The van der Waals surface area contributed by atoms with Gasteiger partial charge in [-0.15, -0.1) is 0 Å². The standard InChI is InChI=1S/C80H156O17P2/c1-7-9-11-13-15-17-19-21-22-23-24-25-26-27-28-29-30-32-40-46-52-58-64-79(84)96-75(68-91-78(83)63-57-51-45-39-34-33-36-42-48-54-60-72(3)4)70-94-98(86,87)92-66-74(81)67-93-99(88,89)95-71-76(97-80(85)65-59-53-47-41-35-37-43-49-55-61-73(5)6)69-90-77(82)62-56-50-44-38-31-20-18-16-14-12-10-8-2/h72-76,81H,7-71H2,1-6H3,(H,86,87)(H,88,89)/t74-,75-,76-/m1/s1. The zero-order valence-electron chi connectivity index (χ0n) is 64.8. The van der Waals surface area contributed by atoms with Crippen LogP contribution in [0.2, 0.25) is 0 Å². The van der Waals surface area contributed by atoms with Crippen LogP contribution in [0.25, 0.3) is 0 Å². The number of unbranched alkanes of at least 4 members (excludes halogenated alkanes) is 49. The molecular formula is C80H156O17P2. The fourth-order valence-corrected chi connectivity index (χ4v) is 13.9. The zero-order chi connectivity index (χ0) is 72.8. The number of carbonyl (C=O) groups is 4. The number of phosphoric acid groups is 2. The Balaban J connectivity index is 5.20. The number of aliphatic hydroxyl groups is 1. The van der Waals surface area contributed by atoms with Crippen molar-refractivity contribution in [2.24, 2.45) is 11.8 Å². The van der Waals surface area contributed by atoms with Crippen molar-refractivity contribution in [3.63, 3.8) is 0 Å². The molecule has 0 rings (SSSR count). The van der Waals surface area contributed by atoms with Crippen LogP contribution in [0.15, 0.2) is 0 Å². The monoisotopic (exact) mass is 1450 g/mol. The second-order valence-corrected chi connectivity index (χ2v) is 32.7. The van der Waals surface area contributed by atoms with E-state index in [4.69, 9.17) is 37.0 Å². The molecule has 0 spiro atoms. The van der Waals surface area contributed by atoms with Gasteiger partial charge < -0.3 is 33.8 Å². The molecule has 0 amide bonds. The number of ether oxygens (including phenoxy) is 4. The second kappa shape index (κ2) is 71.7. The van der Waals surface area contributed by atoms with Gasteiger partial charge in [-0.3, -0.25) is 37.3 Å². The molecule has 0 saturated heterocycles. The SMILES string of the molecule is CCCCCCCCCCCCCCCCCCCCCCCCC(=O)O[C@H](COC(=O)CCCCCCCCCCCCC(C)C)COP(=O)(O)OC[C@@H](O)COP(=O)(O)OC[C@@H](COC(=O)CCCCCCCCCCCCCC)OC(=O)CCCCCCCCCCCC(C)C. The van der Waals surface area contributed by atoms with Crippen molar-refractivity contribution < 1.29 is 80.2 Å². The highest BCUT2D eigenvalue weighted by Crippen LogP contribution is 2.45. The molecule has 0 radical (unpaired) electrons. The molecular weight excluding hydrogens is 1290 g/mol. The Morgan fingerprint density at radius 1 is 0.273 bits per heavy atom. The van der Waals surface area contributed by atoms with Crippen molar-refractivity contribution in [1.82, 2.24) is 0 Å². The summed E-state index contributed by atoms with van der Waals surface area (Å²) in [7, 11) is -9.92. The summed E-state index contributed by atoms with van der Waals surface area (Å²) in [5, 5.41) is 10.6. The molecule has 0 heterocycles. The average Bonchev–Trinajstić information content (AvgIpc) is 0.994. The normalized spacial score (nSPS) is 13.9. The third-order valence-corrected chi connectivity index (χ3v) is 20.6. The molecule has 0 saturated carbocycles. The molecule has 0 aliphatic heterocycles. The molecule has 5 atom stereocenters. The molecule has 0 bridgehead atoms. The molecule has 2 unspecified atom stereocenters. The summed E-state index contributed by atoms with van der Waals surface area (Å²) in [6, 6.07) is 0. The van der Waals surface area contributed by atoms with Gasteiger partial charge in [0.2, 0.25) is 0 Å². The highest BCUT2D eigenvalue weighted by molar-refractivity contribution is 7.47. The van der Waals surface area contributed by atoms with E-state index in [1.54, 1.807) is 0 Å². The highest BCUT2D eigenvalue weighted by Gasteiger charge is 2.30. The first kappa shape index (κ1) is 97.1. The van der Waals surface area contributed by atoms with Crippen LogP contribution in [-0.4, -0.2) is 96.7 Å². The molecule has 17 nitrogen and oxygen atoms in total. The van der Waals surface area contributed by atoms with E-state index in [0.29, 0.717) is 25.7 Å². The van der Waals surface area contributed by atoms with Gasteiger partial charge in [-0.25, -0.2) is 9.13 Å². The van der Waals surface area contributed by atoms with Crippen molar-refractivity contribution in [2.45, 2.75) is 439 Å². The minimum atomic E-state index is -4.96. The smallest absolute Gasteiger partial charge is 0.462 e. The van der Waals surface area contributed by atoms with Gasteiger partial charge in [-0.1, -0.05) is 369 Å². The fraction of sp³-hybridized carbons (Fsp3) is 0.950. The van der Waals surface area contributed by atoms with E-state index in [9.17, 15) is 43.2 Å². The third kappa shape index (κ3) is 74.1. The Bertz CT molecular complexity index is 1910. The van der Waals surface area contributed by atoms with E-state index >= 15 is 0 Å². The largest absolute Gasteiger partial charge is 0.472 e. The number of phosphoric ester groups is 2. The lowest BCUT2D eigenvalue weighted by Gasteiger charge is -2.21. The molecule has 0 aromatic carbocycles. The van der Waals surface area contributed by atoms with Gasteiger partial charge in [-0.05, 0) is 37.5 Å². The third-order valence-electron chi connectivity index (χ3n) is 18.7. The molecule has 0 fully saturated rings. The van der Waals surface area contributed by atoms with Gasteiger partial charge in [0, 0.05) is 25.7 Å².